The SMILES string of the molecule is CC(NC(=O)C(Cc1ccc(O)cc1)NC(=O)C(N)CCC(=O)O)C(=O)NC(Cc1cnc[nH]1)C(=O)O. The van der Waals surface area contributed by atoms with E-state index in [9.17, 15) is 34.2 Å². The number of nitrogens with two attached hydrogens (primary N) is 1. The van der Waals surface area contributed by atoms with Crippen LogP contribution in [-0.2, 0) is 36.8 Å². The van der Waals surface area contributed by atoms with Gasteiger partial charge < -0.3 is 42.0 Å². The molecule has 14 heteroatoms. The Bertz CT molecular complexity index is 1090. The van der Waals surface area contributed by atoms with E-state index in [-0.39, 0.29) is 31.4 Å². The predicted molar refractivity (Wildman–Crippen MR) is 128 cm³/mol. The second-order valence-corrected chi connectivity index (χ2v) is 8.38. The number of aromatic amines is 1. The molecule has 1 heterocycles. The van der Waals surface area contributed by atoms with E-state index in [1.54, 1.807) is 0 Å². The number of aromatic nitrogens is 2. The number of carbonyl (C=O) groups is 5. The summed E-state index contributed by atoms with van der Waals surface area (Å²) in [4.78, 5) is 67.0. The van der Waals surface area contributed by atoms with Crippen LogP contribution in [0.1, 0.15) is 31.0 Å². The molecule has 1 aromatic carbocycles. The Morgan fingerprint density at radius 2 is 1.59 bits per heavy atom. The number of amides is 3. The van der Waals surface area contributed by atoms with Gasteiger partial charge in [-0.05, 0) is 31.0 Å². The second-order valence-electron chi connectivity index (χ2n) is 8.38. The number of phenols is 1. The third-order valence-electron chi connectivity index (χ3n) is 5.36. The summed E-state index contributed by atoms with van der Waals surface area (Å²) in [5.41, 5.74) is 6.80. The number of carboxylic acid groups (broad SMARTS) is 2. The number of benzene rings is 1. The zero-order chi connectivity index (χ0) is 27.5. The van der Waals surface area contributed by atoms with Gasteiger partial charge in [-0.25, -0.2) is 9.78 Å². The first-order chi connectivity index (χ1) is 17.5. The van der Waals surface area contributed by atoms with Crippen LogP contribution in [0.3, 0.4) is 0 Å². The number of carbonyl (C=O) groups excluding carboxylic acids is 3. The van der Waals surface area contributed by atoms with Crippen molar-refractivity contribution in [1.82, 2.24) is 25.9 Å². The van der Waals surface area contributed by atoms with Gasteiger partial charge in [-0.3, -0.25) is 19.2 Å². The molecular weight excluding hydrogens is 488 g/mol. The number of hydrogen-bond acceptors (Lipinski definition) is 8. The number of H-pyrrole nitrogens is 1. The van der Waals surface area contributed by atoms with Crippen molar-refractivity contribution in [3.05, 3.63) is 48.0 Å². The molecule has 0 aliphatic rings. The molecule has 0 saturated carbocycles. The summed E-state index contributed by atoms with van der Waals surface area (Å²) in [5.74, 6) is -4.70. The van der Waals surface area contributed by atoms with E-state index in [1.807, 2.05) is 0 Å². The third kappa shape index (κ3) is 9.60. The molecule has 0 radical (unpaired) electrons. The maximum atomic E-state index is 13.0. The average Bonchev–Trinajstić information content (AvgIpc) is 3.35. The molecule has 0 bridgehead atoms. The summed E-state index contributed by atoms with van der Waals surface area (Å²) in [6, 6.07) is 1.01. The highest BCUT2D eigenvalue weighted by Gasteiger charge is 2.29. The fourth-order valence-electron chi connectivity index (χ4n) is 3.26. The lowest BCUT2D eigenvalue weighted by atomic mass is 10.0. The molecule has 3 amide bonds. The summed E-state index contributed by atoms with van der Waals surface area (Å²) in [6.45, 7) is 1.35. The van der Waals surface area contributed by atoms with Crippen molar-refractivity contribution in [2.45, 2.75) is 56.8 Å². The van der Waals surface area contributed by atoms with Crippen molar-refractivity contribution in [3.8, 4) is 5.75 Å². The Labute approximate surface area is 211 Å². The average molecular weight is 519 g/mol. The molecule has 0 fully saturated rings. The number of aromatic hydroxyl groups is 1. The van der Waals surface area contributed by atoms with Crippen LogP contribution in [0.2, 0.25) is 0 Å². The van der Waals surface area contributed by atoms with Gasteiger partial charge in [-0.15, -0.1) is 0 Å². The number of hydrogen-bond donors (Lipinski definition) is 8. The minimum absolute atomic E-state index is 0.00196. The van der Waals surface area contributed by atoms with Crippen LogP contribution < -0.4 is 21.7 Å². The largest absolute Gasteiger partial charge is 0.508 e. The van der Waals surface area contributed by atoms with Crippen LogP contribution in [0.4, 0.5) is 0 Å². The van der Waals surface area contributed by atoms with Crippen LogP contribution in [0, 0.1) is 0 Å². The molecule has 200 valence electrons. The Hall–Kier alpha value is -4.46. The van der Waals surface area contributed by atoms with Gasteiger partial charge in [-0.2, -0.15) is 0 Å². The summed E-state index contributed by atoms with van der Waals surface area (Å²) >= 11 is 0. The Kier molecular flexibility index (Phi) is 10.6. The number of nitrogens with zero attached hydrogens (tertiary/aromatic N) is 1. The highest BCUT2D eigenvalue weighted by molar-refractivity contribution is 5.94. The Morgan fingerprint density at radius 1 is 0.946 bits per heavy atom. The maximum absolute atomic E-state index is 13.0. The number of carboxylic acids is 2. The highest BCUT2D eigenvalue weighted by atomic mass is 16.4. The molecule has 9 N–H and O–H groups in total. The van der Waals surface area contributed by atoms with Gasteiger partial charge in [-0.1, -0.05) is 12.1 Å². The lowest BCUT2D eigenvalue weighted by Crippen LogP contribution is -2.57. The molecule has 0 aliphatic carbocycles. The quantitative estimate of drug-likeness (QED) is 0.146. The molecule has 0 aliphatic heterocycles. The first-order valence-corrected chi connectivity index (χ1v) is 11.3. The number of imidazole rings is 1. The van der Waals surface area contributed by atoms with E-state index in [0.29, 0.717) is 11.3 Å². The van der Waals surface area contributed by atoms with Crippen molar-refractivity contribution in [1.29, 1.82) is 0 Å². The van der Waals surface area contributed by atoms with Gasteiger partial charge in [0.25, 0.3) is 0 Å². The fourth-order valence-corrected chi connectivity index (χ4v) is 3.26. The number of aliphatic carboxylic acids is 2. The molecule has 4 atom stereocenters. The van der Waals surface area contributed by atoms with E-state index >= 15 is 0 Å². The van der Waals surface area contributed by atoms with E-state index in [4.69, 9.17) is 10.8 Å². The number of nitrogens with one attached hydrogen (secondary N) is 4. The third-order valence-corrected chi connectivity index (χ3v) is 5.36. The zero-order valence-electron chi connectivity index (χ0n) is 20.0. The standard InChI is InChI=1S/C23H30N6O8/c1-12(20(33)29-18(23(36)37)9-14-10-25-11-26-14)27-22(35)17(8-13-2-4-15(30)5-3-13)28-21(34)16(24)6-7-19(31)32/h2-5,10-12,16-18,30H,6-9,24H2,1H3,(H,25,26)(H,27,35)(H,28,34)(H,29,33)(H,31,32)(H,36,37). The van der Waals surface area contributed by atoms with Crippen LogP contribution in [0.25, 0.3) is 0 Å². The second kappa shape index (κ2) is 13.6. The monoisotopic (exact) mass is 518 g/mol. The summed E-state index contributed by atoms with van der Waals surface area (Å²) in [5, 5.41) is 35.0. The van der Waals surface area contributed by atoms with Gasteiger partial charge in [0, 0.05) is 31.2 Å². The highest BCUT2D eigenvalue weighted by Crippen LogP contribution is 2.12. The van der Waals surface area contributed by atoms with Crippen LogP contribution in [0.15, 0.2) is 36.8 Å². The summed E-state index contributed by atoms with van der Waals surface area (Å²) in [6.07, 6.45) is 2.20. The minimum atomic E-state index is -1.29. The topological polar surface area (TPSA) is 237 Å². The molecule has 37 heavy (non-hydrogen) atoms. The van der Waals surface area contributed by atoms with Gasteiger partial charge in [0.05, 0.1) is 12.4 Å². The molecule has 2 rings (SSSR count). The Morgan fingerprint density at radius 3 is 2.16 bits per heavy atom. The minimum Gasteiger partial charge on any atom is -0.508 e. The van der Waals surface area contributed by atoms with Crippen LogP contribution in [0.5, 0.6) is 5.75 Å². The van der Waals surface area contributed by atoms with Crippen molar-refractivity contribution >= 4 is 29.7 Å². The van der Waals surface area contributed by atoms with Gasteiger partial charge in [0.2, 0.25) is 17.7 Å². The molecule has 4 unspecified atom stereocenters. The van der Waals surface area contributed by atoms with E-state index in [1.165, 1.54) is 43.7 Å². The van der Waals surface area contributed by atoms with E-state index < -0.39 is 53.8 Å². The fraction of sp³-hybridized carbons (Fsp3) is 0.391. The smallest absolute Gasteiger partial charge is 0.326 e. The lowest BCUT2D eigenvalue weighted by molar-refractivity contribution is -0.142. The molecule has 1 aromatic heterocycles. The number of phenolic OH excluding ortho intramolecular Hbond substituents is 1. The molecule has 2 aromatic rings. The summed E-state index contributed by atoms with van der Waals surface area (Å²) in [7, 11) is 0. The van der Waals surface area contributed by atoms with Crippen LogP contribution >= 0.6 is 0 Å². The molecule has 0 saturated heterocycles. The van der Waals surface area contributed by atoms with Gasteiger partial charge >= 0.3 is 11.9 Å². The van der Waals surface area contributed by atoms with Crippen molar-refractivity contribution in [3.63, 3.8) is 0 Å². The molecular formula is C23H30N6O8. The van der Waals surface area contributed by atoms with Gasteiger partial charge in [0.15, 0.2) is 0 Å². The first-order valence-electron chi connectivity index (χ1n) is 11.3. The molecule has 0 spiro atoms. The normalized spacial score (nSPS) is 14.0. The maximum Gasteiger partial charge on any atom is 0.326 e. The first kappa shape index (κ1) is 28.8. The Balaban J connectivity index is 2.08. The summed E-state index contributed by atoms with van der Waals surface area (Å²) < 4.78 is 0. The van der Waals surface area contributed by atoms with E-state index in [0.717, 1.165) is 0 Å². The zero-order valence-corrected chi connectivity index (χ0v) is 20.0. The van der Waals surface area contributed by atoms with Crippen LogP contribution in [-0.4, -0.2) is 79.1 Å². The van der Waals surface area contributed by atoms with E-state index in [2.05, 4.69) is 25.9 Å². The van der Waals surface area contributed by atoms with Gasteiger partial charge in [0.1, 0.15) is 23.9 Å². The number of rotatable bonds is 14. The van der Waals surface area contributed by atoms with Crippen molar-refractivity contribution in [2.24, 2.45) is 5.73 Å². The lowest BCUT2D eigenvalue weighted by Gasteiger charge is -2.23. The van der Waals surface area contributed by atoms with Crippen molar-refractivity contribution in [2.75, 3.05) is 0 Å². The molecule has 14 nitrogen and oxygen atoms in total. The predicted octanol–water partition coefficient (Wildman–Crippen LogP) is -1.35. The van der Waals surface area contributed by atoms with Crippen molar-refractivity contribution < 1.29 is 39.3 Å².